The van der Waals surface area contributed by atoms with Crippen LogP contribution >= 0.6 is 0 Å². The van der Waals surface area contributed by atoms with Crippen molar-refractivity contribution >= 4 is 0 Å². The second-order valence-electron chi connectivity index (χ2n) is 6.03. The van der Waals surface area contributed by atoms with Crippen molar-refractivity contribution < 1.29 is 4.74 Å². The van der Waals surface area contributed by atoms with E-state index in [4.69, 9.17) is 4.74 Å². The third-order valence-electron chi connectivity index (χ3n) is 4.10. The van der Waals surface area contributed by atoms with Gasteiger partial charge in [0.2, 0.25) is 0 Å². The lowest BCUT2D eigenvalue weighted by Gasteiger charge is -2.21. The van der Waals surface area contributed by atoms with Gasteiger partial charge in [0.05, 0.1) is 7.11 Å². The molecule has 1 saturated carbocycles. The van der Waals surface area contributed by atoms with Gasteiger partial charge in [0.25, 0.3) is 0 Å². The van der Waals surface area contributed by atoms with Crippen LogP contribution in [0.5, 0.6) is 5.75 Å². The largest absolute Gasteiger partial charge is 0.496 e. The molecule has 2 heteroatoms. The molecule has 0 aliphatic heterocycles. The van der Waals surface area contributed by atoms with Gasteiger partial charge in [-0.25, -0.2) is 0 Å². The van der Waals surface area contributed by atoms with Crippen molar-refractivity contribution in [3.05, 3.63) is 28.8 Å². The first kappa shape index (κ1) is 14.4. The summed E-state index contributed by atoms with van der Waals surface area (Å²) >= 11 is 0. The molecule has 1 aromatic carbocycles. The van der Waals surface area contributed by atoms with Crippen LogP contribution in [0.25, 0.3) is 0 Å². The predicted octanol–water partition coefficient (Wildman–Crippen LogP) is 3.78. The van der Waals surface area contributed by atoms with E-state index in [-0.39, 0.29) is 0 Å². The molecule has 1 fully saturated rings. The predicted molar refractivity (Wildman–Crippen MR) is 81.0 cm³/mol. The summed E-state index contributed by atoms with van der Waals surface area (Å²) in [5.41, 5.74) is 3.89. The molecule has 0 saturated heterocycles. The van der Waals surface area contributed by atoms with Gasteiger partial charge in [-0.3, -0.25) is 0 Å². The van der Waals surface area contributed by atoms with Gasteiger partial charge in [-0.15, -0.1) is 0 Å². The molecular weight excluding hydrogens is 234 g/mol. The van der Waals surface area contributed by atoms with Crippen LogP contribution in [0.2, 0.25) is 0 Å². The summed E-state index contributed by atoms with van der Waals surface area (Å²) in [4.78, 5) is 0. The molecule has 2 rings (SSSR count). The SMILES string of the molecule is COc1c(C)cc(C)cc1CC(C)NC1CCCC1. The number of aryl methyl sites for hydroxylation is 2. The fraction of sp³-hybridized carbons (Fsp3) is 0.647. The van der Waals surface area contributed by atoms with E-state index in [0.717, 1.165) is 18.2 Å². The van der Waals surface area contributed by atoms with Gasteiger partial charge in [-0.1, -0.05) is 30.5 Å². The minimum atomic E-state index is 0.512. The first-order valence-corrected chi connectivity index (χ1v) is 7.50. The lowest BCUT2D eigenvalue weighted by atomic mass is 9.99. The molecule has 1 aliphatic rings. The minimum absolute atomic E-state index is 0.512. The van der Waals surface area contributed by atoms with Crippen LogP contribution in [0.4, 0.5) is 0 Å². The van der Waals surface area contributed by atoms with Crippen LogP contribution in [0.15, 0.2) is 12.1 Å². The molecule has 1 N–H and O–H groups in total. The highest BCUT2D eigenvalue weighted by molar-refractivity contribution is 5.44. The van der Waals surface area contributed by atoms with Crippen LogP contribution in [-0.2, 0) is 6.42 Å². The number of benzene rings is 1. The van der Waals surface area contributed by atoms with Crippen LogP contribution in [0.3, 0.4) is 0 Å². The Kier molecular flexibility index (Phi) is 4.87. The van der Waals surface area contributed by atoms with Crippen LogP contribution in [-0.4, -0.2) is 19.2 Å². The molecule has 106 valence electrons. The zero-order valence-corrected chi connectivity index (χ0v) is 12.8. The van der Waals surface area contributed by atoms with Gasteiger partial charge in [-0.2, -0.15) is 0 Å². The molecule has 0 heterocycles. The van der Waals surface area contributed by atoms with Gasteiger partial charge < -0.3 is 10.1 Å². The lowest BCUT2D eigenvalue weighted by molar-refractivity contribution is 0.398. The molecule has 1 aromatic rings. The number of rotatable bonds is 5. The molecule has 0 radical (unpaired) electrons. The number of nitrogens with one attached hydrogen (secondary N) is 1. The third-order valence-corrected chi connectivity index (χ3v) is 4.10. The van der Waals surface area contributed by atoms with E-state index in [2.05, 4.69) is 38.2 Å². The molecular formula is C17H27NO. The fourth-order valence-corrected chi connectivity index (χ4v) is 3.37. The van der Waals surface area contributed by atoms with E-state index in [1.54, 1.807) is 7.11 Å². The number of methoxy groups -OCH3 is 1. The van der Waals surface area contributed by atoms with E-state index in [1.165, 1.54) is 42.4 Å². The molecule has 1 unspecified atom stereocenters. The highest BCUT2D eigenvalue weighted by atomic mass is 16.5. The number of hydrogen-bond acceptors (Lipinski definition) is 2. The standard InChI is InChI=1S/C17H27NO/c1-12-9-13(2)17(19-4)15(10-12)11-14(3)18-16-7-5-6-8-16/h9-10,14,16,18H,5-8,11H2,1-4H3. The lowest BCUT2D eigenvalue weighted by Crippen LogP contribution is -2.36. The van der Waals surface area contributed by atoms with E-state index in [0.29, 0.717) is 6.04 Å². The van der Waals surface area contributed by atoms with Crippen molar-refractivity contribution in [2.45, 2.75) is 65.0 Å². The topological polar surface area (TPSA) is 21.3 Å². The third kappa shape index (κ3) is 3.73. The van der Waals surface area contributed by atoms with Gasteiger partial charge in [0.15, 0.2) is 0 Å². The van der Waals surface area contributed by atoms with Gasteiger partial charge in [-0.05, 0) is 51.2 Å². The maximum atomic E-state index is 5.57. The average molecular weight is 261 g/mol. The average Bonchev–Trinajstić information content (AvgIpc) is 2.81. The van der Waals surface area contributed by atoms with E-state index in [9.17, 15) is 0 Å². The molecule has 1 aliphatic carbocycles. The van der Waals surface area contributed by atoms with Gasteiger partial charge >= 0.3 is 0 Å². The Hall–Kier alpha value is -1.02. The van der Waals surface area contributed by atoms with E-state index >= 15 is 0 Å². The molecule has 2 nitrogen and oxygen atoms in total. The maximum Gasteiger partial charge on any atom is 0.125 e. The van der Waals surface area contributed by atoms with Crippen LogP contribution in [0, 0.1) is 13.8 Å². The summed E-state index contributed by atoms with van der Waals surface area (Å²) < 4.78 is 5.57. The Morgan fingerprint density at radius 1 is 1.26 bits per heavy atom. The highest BCUT2D eigenvalue weighted by Gasteiger charge is 2.18. The Balaban J connectivity index is 2.04. The summed E-state index contributed by atoms with van der Waals surface area (Å²) in [6.45, 7) is 6.57. The fourth-order valence-electron chi connectivity index (χ4n) is 3.37. The molecule has 0 bridgehead atoms. The summed E-state index contributed by atoms with van der Waals surface area (Å²) in [6, 6.07) is 5.70. The first-order chi connectivity index (χ1) is 9.10. The normalized spacial score (nSPS) is 17.7. The Morgan fingerprint density at radius 3 is 2.58 bits per heavy atom. The Labute approximate surface area is 117 Å². The van der Waals surface area contributed by atoms with E-state index < -0.39 is 0 Å². The van der Waals surface area contributed by atoms with Crippen LogP contribution < -0.4 is 10.1 Å². The summed E-state index contributed by atoms with van der Waals surface area (Å²) in [6.07, 6.45) is 6.50. The quantitative estimate of drug-likeness (QED) is 0.871. The molecule has 19 heavy (non-hydrogen) atoms. The Morgan fingerprint density at radius 2 is 1.95 bits per heavy atom. The van der Waals surface area contributed by atoms with Crippen molar-refractivity contribution in [2.75, 3.05) is 7.11 Å². The number of ether oxygens (including phenoxy) is 1. The highest BCUT2D eigenvalue weighted by Crippen LogP contribution is 2.26. The second-order valence-corrected chi connectivity index (χ2v) is 6.03. The van der Waals surface area contributed by atoms with Crippen molar-refractivity contribution in [3.63, 3.8) is 0 Å². The van der Waals surface area contributed by atoms with Crippen molar-refractivity contribution in [2.24, 2.45) is 0 Å². The van der Waals surface area contributed by atoms with Crippen molar-refractivity contribution in [3.8, 4) is 5.75 Å². The zero-order chi connectivity index (χ0) is 13.8. The summed E-state index contributed by atoms with van der Waals surface area (Å²) in [5.74, 6) is 1.06. The first-order valence-electron chi connectivity index (χ1n) is 7.50. The maximum absolute atomic E-state index is 5.57. The van der Waals surface area contributed by atoms with Gasteiger partial charge in [0, 0.05) is 12.1 Å². The van der Waals surface area contributed by atoms with Crippen molar-refractivity contribution in [1.29, 1.82) is 0 Å². The number of hydrogen-bond donors (Lipinski definition) is 1. The second kappa shape index (κ2) is 6.42. The molecule has 1 atom stereocenters. The monoisotopic (exact) mass is 261 g/mol. The van der Waals surface area contributed by atoms with Crippen molar-refractivity contribution in [1.82, 2.24) is 5.32 Å². The summed E-state index contributed by atoms with van der Waals surface area (Å²) in [5, 5.41) is 3.76. The smallest absolute Gasteiger partial charge is 0.125 e. The molecule has 0 aromatic heterocycles. The Bertz CT molecular complexity index is 422. The molecule has 0 amide bonds. The summed E-state index contributed by atoms with van der Waals surface area (Å²) in [7, 11) is 1.77. The van der Waals surface area contributed by atoms with Crippen LogP contribution in [0.1, 0.15) is 49.3 Å². The minimum Gasteiger partial charge on any atom is -0.496 e. The van der Waals surface area contributed by atoms with E-state index in [1.807, 2.05) is 0 Å². The molecule has 0 spiro atoms. The zero-order valence-electron chi connectivity index (χ0n) is 12.8. The van der Waals surface area contributed by atoms with Gasteiger partial charge in [0.1, 0.15) is 5.75 Å².